The Morgan fingerprint density at radius 2 is 1.86 bits per heavy atom. The van der Waals surface area contributed by atoms with Gasteiger partial charge < -0.3 is 19.7 Å². The van der Waals surface area contributed by atoms with E-state index in [2.05, 4.69) is 33.9 Å². The highest BCUT2D eigenvalue weighted by molar-refractivity contribution is 6.02. The third kappa shape index (κ3) is 5.43. The number of fused-ring (bicyclic) bond motifs is 4. The summed E-state index contributed by atoms with van der Waals surface area (Å²) in [6.45, 7) is 9.33. The lowest BCUT2D eigenvalue weighted by Gasteiger charge is -2.34. The van der Waals surface area contributed by atoms with Crippen molar-refractivity contribution >= 4 is 27.5 Å². The van der Waals surface area contributed by atoms with Gasteiger partial charge in [-0.05, 0) is 60.6 Å². The summed E-state index contributed by atoms with van der Waals surface area (Å²) in [5.41, 5.74) is 1.62. The van der Waals surface area contributed by atoms with Crippen LogP contribution in [0.5, 0.6) is 6.01 Å². The smallest absolute Gasteiger partial charge is 0.319 e. The molecular weight excluding hydrogens is 548 g/mol. The molecule has 3 saturated heterocycles. The second-order valence-electron chi connectivity index (χ2n) is 12.2. The molecule has 4 aromatic rings. The lowest BCUT2D eigenvalue weighted by Crippen LogP contribution is -2.51. The van der Waals surface area contributed by atoms with Crippen LogP contribution >= 0.6 is 0 Å². The van der Waals surface area contributed by atoms with Crippen molar-refractivity contribution in [2.45, 2.75) is 57.7 Å². The molecule has 0 spiro atoms. The van der Waals surface area contributed by atoms with Crippen molar-refractivity contribution < 1.29 is 18.3 Å². The molecule has 226 valence electrons. The number of benzene rings is 3. The molecule has 2 bridgehead atoms. The zero-order valence-corrected chi connectivity index (χ0v) is 24.9. The van der Waals surface area contributed by atoms with E-state index in [0.717, 1.165) is 81.4 Å². The Hall–Kier alpha value is -3.40. The molecule has 1 aromatic heterocycles. The van der Waals surface area contributed by atoms with Gasteiger partial charge in [0.05, 0.1) is 25.4 Å². The molecule has 3 aliphatic heterocycles. The molecule has 7 rings (SSSR count). The van der Waals surface area contributed by atoms with Crippen molar-refractivity contribution in [2.24, 2.45) is 0 Å². The van der Waals surface area contributed by atoms with Crippen LogP contribution in [-0.4, -0.2) is 79.0 Å². The number of rotatable bonds is 8. The van der Waals surface area contributed by atoms with Crippen LogP contribution in [0.15, 0.2) is 42.5 Å². The Bertz CT molecular complexity index is 1630. The van der Waals surface area contributed by atoms with Crippen LogP contribution in [0.3, 0.4) is 0 Å². The highest BCUT2D eigenvalue weighted by Gasteiger charge is 2.34. The van der Waals surface area contributed by atoms with Gasteiger partial charge in [-0.1, -0.05) is 43.3 Å². The molecule has 1 N–H and O–H groups in total. The van der Waals surface area contributed by atoms with Crippen LogP contribution < -0.4 is 15.0 Å². The third-order valence-corrected chi connectivity index (χ3v) is 9.33. The number of piperazine rings is 1. The number of morpholine rings is 1. The lowest BCUT2D eigenvalue weighted by molar-refractivity contribution is -0.00211. The first-order chi connectivity index (χ1) is 21.0. The fourth-order valence-corrected chi connectivity index (χ4v) is 7.13. The van der Waals surface area contributed by atoms with Crippen molar-refractivity contribution in [3.8, 4) is 17.1 Å². The maximum absolute atomic E-state index is 16.7. The minimum Gasteiger partial charge on any atom is -0.463 e. The van der Waals surface area contributed by atoms with Gasteiger partial charge in [0.15, 0.2) is 5.82 Å². The molecule has 0 amide bonds. The average Bonchev–Trinajstić information content (AvgIpc) is 3.36. The molecule has 0 radical (unpaired) electrons. The van der Waals surface area contributed by atoms with Gasteiger partial charge in [0, 0.05) is 49.7 Å². The predicted octanol–water partition coefficient (Wildman–Crippen LogP) is 5.72. The summed E-state index contributed by atoms with van der Waals surface area (Å²) in [6.07, 6.45) is 3.71. The van der Waals surface area contributed by atoms with Gasteiger partial charge in [-0.2, -0.15) is 9.97 Å². The molecule has 7 nitrogen and oxygen atoms in total. The van der Waals surface area contributed by atoms with Gasteiger partial charge >= 0.3 is 6.01 Å². The Morgan fingerprint density at radius 1 is 1.07 bits per heavy atom. The van der Waals surface area contributed by atoms with Crippen molar-refractivity contribution in [2.75, 3.05) is 50.9 Å². The molecule has 0 aliphatic carbocycles. The first-order valence-corrected chi connectivity index (χ1v) is 15.7. The van der Waals surface area contributed by atoms with E-state index in [1.807, 2.05) is 30.3 Å². The summed E-state index contributed by atoms with van der Waals surface area (Å²) in [6, 6.07) is 14.2. The number of hydrogen-bond donors (Lipinski definition) is 1. The molecule has 4 heterocycles. The summed E-state index contributed by atoms with van der Waals surface area (Å²) in [7, 11) is 0. The van der Waals surface area contributed by atoms with Crippen LogP contribution in [0.1, 0.15) is 38.7 Å². The van der Waals surface area contributed by atoms with E-state index >= 15 is 8.78 Å². The molecule has 9 heteroatoms. The Morgan fingerprint density at radius 3 is 2.63 bits per heavy atom. The van der Waals surface area contributed by atoms with Crippen LogP contribution in [0.25, 0.3) is 32.8 Å². The van der Waals surface area contributed by atoms with Crippen LogP contribution in [0.2, 0.25) is 0 Å². The number of anilines is 1. The summed E-state index contributed by atoms with van der Waals surface area (Å²) < 4.78 is 44.5. The number of aryl methyl sites for hydroxylation is 1. The van der Waals surface area contributed by atoms with E-state index in [0.29, 0.717) is 41.5 Å². The minimum atomic E-state index is -0.679. The van der Waals surface area contributed by atoms with Crippen LogP contribution in [-0.2, 0) is 11.2 Å². The van der Waals surface area contributed by atoms with E-state index in [1.165, 1.54) is 6.07 Å². The average molecular weight is 588 g/mol. The van der Waals surface area contributed by atoms with E-state index in [9.17, 15) is 0 Å². The molecule has 43 heavy (non-hydrogen) atoms. The second kappa shape index (κ2) is 11.9. The van der Waals surface area contributed by atoms with Gasteiger partial charge in [-0.25, -0.2) is 8.78 Å². The number of ether oxygens (including phenoxy) is 2. The summed E-state index contributed by atoms with van der Waals surface area (Å²) in [4.78, 5) is 13.9. The monoisotopic (exact) mass is 587 g/mol. The Kier molecular flexibility index (Phi) is 7.88. The molecule has 2 unspecified atom stereocenters. The van der Waals surface area contributed by atoms with E-state index in [1.54, 1.807) is 6.07 Å². The topological polar surface area (TPSA) is 62.8 Å². The van der Waals surface area contributed by atoms with Crippen molar-refractivity contribution in [3.05, 3.63) is 59.7 Å². The third-order valence-electron chi connectivity index (χ3n) is 9.33. The number of halogens is 2. The normalized spacial score (nSPS) is 22.5. The minimum absolute atomic E-state index is 0.0590. The summed E-state index contributed by atoms with van der Waals surface area (Å²) in [5.74, 6) is -0.751. The highest BCUT2D eigenvalue weighted by atomic mass is 19.1. The van der Waals surface area contributed by atoms with Crippen LogP contribution in [0, 0.1) is 11.6 Å². The largest absolute Gasteiger partial charge is 0.463 e. The van der Waals surface area contributed by atoms with Gasteiger partial charge in [-0.15, -0.1) is 0 Å². The molecule has 0 saturated carbocycles. The number of nitrogens with one attached hydrogen (secondary N) is 1. The molecule has 3 fully saturated rings. The first kappa shape index (κ1) is 28.4. The second-order valence-corrected chi connectivity index (χ2v) is 12.2. The van der Waals surface area contributed by atoms with Crippen molar-refractivity contribution in [1.29, 1.82) is 0 Å². The van der Waals surface area contributed by atoms with E-state index < -0.39 is 11.6 Å². The van der Waals surface area contributed by atoms with Gasteiger partial charge in [-0.3, -0.25) is 4.90 Å². The van der Waals surface area contributed by atoms with Gasteiger partial charge in [0.25, 0.3) is 0 Å². The van der Waals surface area contributed by atoms with Crippen molar-refractivity contribution in [3.63, 3.8) is 0 Å². The van der Waals surface area contributed by atoms with Gasteiger partial charge in [0.1, 0.15) is 17.2 Å². The predicted molar refractivity (Wildman–Crippen MR) is 166 cm³/mol. The fourth-order valence-electron chi connectivity index (χ4n) is 7.13. The molecule has 3 atom stereocenters. The Balaban J connectivity index is 1.29. The van der Waals surface area contributed by atoms with E-state index in [4.69, 9.17) is 14.5 Å². The zero-order chi connectivity index (χ0) is 29.5. The Labute approximate surface area is 251 Å². The number of hydrogen-bond acceptors (Lipinski definition) is 7. The fraction of sp³-hybridized carbons (Fsp3) is 0.471. The maximum Gasteiger partial charge on any atom is 0.319 e. The number of aromatic nitrogens is 2. The van der Waals surface area contributed by atoms with Crippen molar-refractivity contribution in [1.82, 2.24) is 20.2 Å². The van der Waals surface area contributed by atoms with Gasteiger partial charge in [0.2, 0.25) is 0 Å². The SMILES string of the molecule is CCc1cccc2cccc(-c3c(F)cc4c(N5CC6CCC(C5)N6)nc(OCCCN5CCOC[C@H]5C)nc4c3F)c12. The van der Waals surface area contributed by atoms with Crippen LogP contribution in [0.4, 0.5) is 14.6 Å². The first-order valence-electron chi connectivity index (χ1n) is 15.7. The highest BCUT2D eigenvalue weighted by Crippen LogP contribution is 2.40. The summed E-state index contributed by atoms with van der Waals surface area (Å²) >= 11 is 0. The molecular formula is C34H39F2N5O2. The standard InChI is InChI=1S/C34H39F2N5O2/c1-3-22-7-4-8-23-9-5-10-26(29(22)23)30-28(35)17-27-32(31(30)36)38-34(43-15-6-13-40-14-16-42-20-21(40)2)39-33(27)41-18-24-11-12-25(19-41)37-24/h4-5,7-10,17,21,24-25,37H,3,6,11-16,18-20H2,1-2H3/t21-,24?,25?/m1/s1. The quantitative estimate of drug-likeness (QED) is 0.265. The zero-order valence-electron chi connectivity index (χ0n) is 24.9. The number of nitrogens with zero attached hydrogens (tertiary/aromatic N) is 4. The maximum atomic E-state index is 16.7. The van der Waals surface area contributed by atoms with E-state index in [-0.39, 0.29) is 17.1 Å². The molecule has 3 aromatic carbocycles. The lowest BCUT2D eigenvalue weighted by atomic mass is 9.92. The summed E-state index contributed by atoms with van der Waals surface area (Å²) in [5, 5.41) is 5.83. The molecule has 3 aliphatic rings.